The highest BCUT2D eigenvalue weighted by atomic mass is 32.2. The fraction of sp³-hybridized carbons (Fsp3) is 0.345. The van der Waals surface area contributed by atoms with Gasteiger partial charge in [0, 0.05) is 30.0 Å². The molecule has 0 spiro atoms. The van der Waals surface area contributed by atoms with Crippen LogP contribution in [-0.4, -0.2) is 59.2 Å². The molecule has 2 aliphatic rings. The molecule has 1 fully saturated rings. The average Bonchev–Trinajstić information content (AvgIpc) is 3.32. The number of thioether (sulfide) groups is 1. The van der Waals surface area contributed by atoms with Gasteiger partial charge in [0.1, 0.15) is 11.5 Å². The van der Waals surface area contributed by atoms with Gasteiger partial charge in [0.05, 0.1) is 25.2 Å². The summed E-state index contributed by atoms with van der Waals surface area (Å²) in [4.78, 5) is 36.3. The van der Waals surface area contributed by atoms with E-state index >= 15 is 0 Å². The topological polar surface area (TPSA) is 113 Å². The van der Waals surface area contributed by atoms with Crippen LogP contribution in [0.2, 0.25) is 0 Å². The highest BCUT2D eigenvalue weighted by Gasteiger charge is 2.37. The summed E-state index contributed by atoms with van der Waals surface area (Å²) in [6, 6.07) is 11.3. The van der Waals surface area contributed by atoms with Gasteiger partial charge in [-0.05, 0) is 73.0 Å². The van der Waals surface area contributed by atoms with Gasteiger partial charge in [-0.25, -0.2) is 4.79 Å². The number of rotatable bonds is 8. The molecule has 220 valence electrons. The normalized spacial score (nSPS) is 18.6. The van der Waals surface area contributed by atoms with Gasteiger partial charge in [0.15, 0.2) is 0 Å². The molecule has 2 aromatic carbocycles. The maximum absolute atomic E-state index is 12.1. The van der Waals surface area contributed by atoms with E-state index in [1.165, 1.54) is 39.4 Å². The largest absolute Gasteiger partial charge is 0.496 e. The van der Waals surface area contributed by atoms with Crippen LogP contribution in [0.25, 0.3) is 5.57 Å². The predicted octanol–water partition coefficient (Wildman–Crippen LogP) is 6.01. The van der Waals surface area contributed by atoms with Gasteiger partial charge in [0.2, 0.25) is 5.91 Å². The number of carbonyl (C=O) groups excluding carboxylic acids is 1. The van der Waals surface area contributed by atoms with Crippen LogP contribution in [0.4, 0.5) is 13.2 Å². The standard InChI is InChI=1S/C17H18O6.C12H12F3NOS/c1-17(16(20)21)8-10(7-11(9-17)15(18)19)14-12(22-2)5-4-6-13(14)23-3;13-12(14,15)18-10-5-3-9(4-6-10)8-16-7-1-2-11(16)17/h4-8H,9H2,1-3H3,(H,18,19)(H,20,21);3-6H,1-2,7-8H2. The van der Waals surface area contributed by atoms with Gasteiger partial charge in [0.25, 0.3) is 0 Å². The second-order valence-electron chi connectivity index (χ2n) is 9.62. The Balaban J connectivity index is 0.000000232. The second-order valence-corrected chi connectivity index (χ2v) is 10.8. The number of hydrogen-bond donors (Lipinski definition) is 2. The summed E-state index contributed by atoms with van der Waals surface area (Å²) >= 11 is -0.128. The summed E-state index contributed by atoms with van der Waals surface area (Å²) in [6.07, 6.45) is 4.36. The lowest BCUT2D eigenvalue weighted by Crippen LogP contribution is -2.29. The summed E-state index contributed by atoms with van der Waals surface area (Å²) in [5, 5.41) is 18.8. The predicted molar refractivity (Wildman–Crippen MR) is 147 cm³/mol. The summed E-state index contributed by atoms with van der Waals surface area (Å²) in [5.41, 5.74) is -3.70. The van der Waals surface area contributed by atoms with Crippen molar-refractivity contribution in [2.75, 3.05) is 20.8 Å². The van der Waals surface area contributed by atoms with Crippen molar-refractivity contribution in [3.63, 3.8) is 0 Å². The van der Waals surface area contributed by atoms with Crippen LogP contribution < -0.4 is 9.47 Å². The Kier molecular flexibility index (Phi) is 10.1. The van der Waals surface area contributed by atoms with Crippen molar-refractivity contribution in [1.82, 2.24) is 4.90 Å². The highest BCUT2D eigenvalue weighted by molar-refractivity contribution is 8.00. The lowest BCUT2D eigenvalue weighted by Gasteiger charge is -2.27. The summed E-state index contributed by atoms with van der Waals surface area (Å²) in [7, 11) is 2.97. The third-order valence-corrected chi connectivity index (χ3v) is 7.28. The molecule has 8 nitrogen and oxygen atoms in total. The van der Waals surface area contributed by atoms with Crippen LogP contribution in [0, 0.1) is 5.41 Å². The number of nitrogens with zero attached hydrogens (tertiary/aromatic N) is 1. The Morgan fingerprint density at radius 2 is 1.66 bits per heavy atom. The van der Waals surface area contributed by atoms with Gasteiger partial charge >= 0.3 is 17.4 Å². The maximum Gasteiger partial charge on any atom is 0.446 e. The Bertz CT molecular complexity index is 1330. The van der Waals surface area contributed by atoms with E-state index in [-0.39, 0.29) is 34.6 Å². The molecule has 1 heterocycles. The van der Waals surface area contributed by atoms with Crippen molar-refractivity contribution in [3.8, 4) is 11.5 Å². The molecule has 0 aromatic heterocycles. The molecule has 41 heavy (non-hydrogen) atoms. The van der Waals surface area contributed by atoms with Crippen molar-refractivity contribution < 1.29 is 47.2 Å². The van der Waals surface area contributed by atoms with Crippen LogP contribution in [0.1, 0.15) is 37.3 Å². The molecule has 2 N–H and O–H groups in total. The van der Waals surface area contributed by atoms with Gasteiger partial charge in [-0.15, -0.1) is 0 Å². The van der Waals surface area contributed by atoms with Crippen molar-refractivity contribution in [1.29, 1.82) is 0 Å². The molecule has 0 radical (unpaired) electrons. The van der Waals surface area contributed by atoms with E-state index in [0.717, 1.165) is 18.5 Å². The van der Waals surface area contributed by atoms with Crippen LogP contribution in [0.15, 0.2) is 65.1 Å². The Labute approximate surface area is 239 Å². The molecule has 1 atom stereocenters. The lowest BCUT2D eigenvalue weighted by molar-refractivity contribution is -0.145. The number of halogens is 3. The number of aliphatic carboxylic acids is 2. The molecule has 0 saturated carbocycles. The first-order chi connectivity index (χ1) is 19.3. The van der Waals surface area contributed by atoms with Crippen LogP contribution >= 0.6 is 11.8 Å². The number of hydrogen-bond acceptors (Lipinski definition) is 6. The van der Waals surface area contributed by atoms with Gasteiger partial charge in [-0.1, -0.05) is 24.3 Å². The quantitative estimate of drug-likeness (QED) is 0.358. The number of benzene rings is 2. The van der Waals surface area contributed by atoms with E-state index in [2.05, 4.69) is 0 Å². The first kappa shape index (κ1) is 31.6. The summed E-state index contributed by atoms with van der Waals surface area (Å²) in [6.45, 7) is 2.71. The number of likely N-dealkylation sites (tertiary alicyclic amines) is 1. The summed E-state index contributed by atoms with van der Waals surface area (Å²) in [5.74, 6) is -1.16. The fourth-order valence-corrected chi connectivity index (χ4v) is 5.05. The minimum Gasteiger partial charge on any atom is -0.496 e. The fourth-order valence-electron chi connectivity index (χ4n) is 4.51. The molecular weight excluding hydrogens is 563 g/mol. The first-order valence-electron chi connectivity index (χ1n) is 12.5. The number of alkyl halides is 3. The number of amides is 1. The van der Waals surface area contributed by atoms with Crippen LogP contribution in [-0.2, 0) is 20.9 Å². The van der Waals surface area contributed by atoms with Gasteiger partial charge in [-0.2, -0.15) is 13.2 Å². The van der Waals surface area contributed by atoms with Crippen molar-refractivity contribution in [2.24, 2.45) is 5.41 Å². The van der Waals surface area contributed by atoms with Crippen molar-refractivity contribution in [3.05, 3.63) is 71.3 Å². The third-order valence-electron chi connectivity index (χ3n) is 6.54. The monoisotopic (exact) mass is 593 g/mol. The molecule has 12 heteroatoms. The Morgan fingerprint density at radius 3 is 2.12 bits per heavy atom. The smallest absolute Gasteiger partial charge is 0.446 e. The number of allylic oxidation sites excluding steroid dienone is 2. The number of ether oxygens (including phenoxy) is 2. The Morgan fingerprint density at radius 1 is 1.05 bits per heavy atom. The molecule has 1 saturated heterocycles. The molecule has 2 aromatic rings. The second kappa shape index (κ2) is 13.2. The Hall–Kier alpha value is -3.93. The number of carbonyl (C=O) groups is 3. The van der Waals surface area contributed by atoms with E-state index < -0.39 is 22.9 Å². The number of carboxylic acids is 2. The lowest BCUT2D eigenvalue weighted by atomic mass is 9.76. The average molecular weight is 594 g/mol. The molecule has 4 rings (SSSR count). The van der Waals surface area contributed by atoms with Crippen molar-refractivity contribution >= 4 is 35.2 Å². The molecule has 1 aliphatic heterocycles. The molecule has 1 amide bonds. The minimum atomic E-state index is -4.26. The van der Waals surface area contributed by atoms with E-state index in [9.17, 15) is 37.8 Å². The molecule has 0 bridgehead atoms. The van der Waals surface area contributed by atoms with E-state index in [0.29, 0.717) is 35.6 Å². The zero-order chi connectivity index (χ0) is 30.4. The van der Waals surface area contributed by atoms with E-state index in [1.54, 1.807) is 41.3 Å². The van der Waals surface area contributed by atoms with E-state index in [1.807, 2.05) is 0 Å². The highest BCUT2D eigenvalue weighted by Crippen LogP contribution is 2.43. The number of carboxylic acid groups (broad SMARTS) is 2. The van der Waals surface area contributed by atoms with Crippen LogP contribution in [0.3, 0.4) is 0 Å². The third kappa shape index (κ3) is 8.29. The number of methoxy groups -OCH3 is 2. The summed E-state index contributed by atoms with van der Waals surface area (Å²) < 4.78 is 47.0. The molecular formula is C29H30F3NO7S. The van der Waals surface area contributed by atoms with E-state index in [4.69, 9.17) is 9.47 Å². The first-order valence-corrected chi connectivity index (χ1v) is 13.3. The zero-order valence-corrected chi connectivity index (χ0v) is 23.5. The SMILES string of the molecule is COc1cccc(OC)c1C1=CC(C)(C(=O)O)CC(C(=O)O)=C1.O=C1CCCN1Cc1ccc(SC(F)(F)F)cc1. The van der Waals surface area contributed by atoms with Gasteiger partial charge < -0.3 is 24.6 Å². The van der Waals surface area contributed by atoms with Gasteiger partial charge in [-0.3, -0.25) is 9.59 Å². The maximum atomic E-state index is 12.1. The molecule has 1 unspecified atom stereocenters. The minimum absolute atomic E-state index is 0.0281. The zero-order valence-electron chi connectivity index (χ0n) is 22.7. The molecule has 1 aliphatic carbocycles. The van der Waals surface area contributed by atoms with Crippen LogP contribution in [0.5, 0.6) is 11.5 Å². The van der Waals surface area contributed by atoms with Crippen molar-refractivity contribution in [2.45, 2.75) is 43.1 Å².